The third kappa shape index (κ3) is 5.65. The number of benzene rings is 1. The summed E-state index contributed by atoms with van der Waals surface area (Å²) in [6.07, 6.45) is 0. The summed E-state index contributed by atoms with van der Waals surface area (Å²) in [5.41, 5.74) is 1.12. The molecule has 1 aliphatic rings. The molecular formula is C17H29N3O3S. The zero-order valence-corrected chi connectivity index (χ0v) is 15.7. The number of nitrogens with one attached hydrogen (secondary N) is 1. The molecule has 1 fully saturated rings. The minimum atomic E-state index is -3.15. The van der Waals surface area contributed by atoms with Gasteiger partial charge in [-0.25, -0.2) is 13.1 Å². The van der Waals surface area contributed by atoms with Gasteiger partial charge in [-0.1, -0.05) is 26.0 Å². The maximum atomic E-state index is 11.8. The lowest BCUT2D eigenvalue weighted by Crippen LogP contribution is -2.48. The van der Waals surface area contributed by atoms with Gasteiger partial charge in [-0.2, -0.15) is 0 Å². The van der Waals surface area contributed by atoms with Crippen LogP contribution in [-0.2, 0) is 10.0 Å². The molecule has 0 aliphatic carbocycles. The quantitative estimate of drug-likeness (QED) is 0.764. The monoisotopic (exact) mass is 355 g/mol. The van der Waals surface area contributed by atoms with Crippen molar-refractivity contribution in [3.63, 3.8) is 0 Å². The molecule has 1 saturated heterocycles. The molecular weight excluding hydrogens is 326 g/mol. The van der Waals surface area contributed by atoms with Gasteiger partial charge >= 0.3 is 0 Å². The van der Waals surface area contributed by atoms with Gasteiger partial charge in [-0.3, -0.25) is 4.90 Å². The molecule has 0 unspecified atom stereocenters. The SMILES string of the molecule is COc1ccccc1N1CCN(CCNS(=O)(=O)CC(C)C)CC1. The number of ether oxygens (including phenoxy) is 1. The Morgan fingerprint density at radius 3 is 2.46 bits per heavy atom. The third-order valence-corrected chi connectivity index (χ3v) is 5.85. The van der Waals surface area contributed by atoms with Crippen LogP contribution < -0.4 is 14.4 Å². The highest BCUT2D eigenvalue weighted by molar-refractivity contribution is 7.89. The van der Waals surface area contributed by atoms with Crippen molar-refractivity contribution in [1.82, 2.24) is 9.62 Å². The molecule has 6 nitrogen and oxygen atoms in total. The molecule has 2 rings (SSSR count). The summed E-state index contributed by atoms with van der Waals surface area (Å²) < 4.78 is 31.8. The standard InChI is InChI=1S/C17H29N3O3S/c1-15(2)14-24(21,22)18-8-9-19-10-12-20(13-11-19)16-6-4-5-7-17(16)23-3/h4-7,15,18H,8-14H2,1-3H3. The van der Waals surface area contributed by atoms with Crippen LogP contribution in [0.2, 0.25) is 0 Å². The van der Waals surface area contributed by atoms with Crippen LogP contribution in [-0.4, -0.2) is 65.4 Å². The number of hydrogen-bond acceptors (Lipinski definition) is 5. The highest BCUT2D eigenvalue weighted by Gasteiger charge is 2.20. The summed E-state index contributed by atoms with van der Waals surface area (Å²) in [5, 5.41) is 0. The molecule has 0 atom stereocenters. The fraction of sp³-hybridized carbons (Fsp3) is 0.647. The first-order valence-corrected chi connectivity index (χ1v) is 10.1. The summed E-state index contributed by atoms with van der Waals surface area (Å²) in [7, 11) is -1.46. The molecule has 0 amide bonds. The van der Waals surface area contributed by atoms with Gasteiger partial charge < -0.3 is 9.64 Å². The van der Waals surface area contributed by atoms with E-state index < -0.39 is 10.0 Å². The predicted molar refractivity (Wildman–Crippen MR) is 98.3 cm³/mol. The molecule has 0 spiro atoms. The number of methoxy groups -OCH3 is 1. The highest BCUT2D eigenvalue weighted by Crippen LogP contribution is 2.28. The van der Waals surface area contributed by atoms with E-state index in [2.05, 4.69) is 20.6 Å². The molecule has 1 aromatic rings. The maximum absolute atomic E-state index is 11.8. The van der Waals surface area contributed by atoms with Gasteiger partial charge in [0.1, 0.15) is 5.75 Å². The van der Waals surface area contributed by atoms with E-state index in [9.17, 15) is 8.42 Å². The van der Waals surface area contributed by atoms with Crippen molar-refractivity contribution in [3.8, 4) is 5.75 Å². The fourth-order valence-electron chi connectivity index (χ4n) is 2.96. The molecule has 0 aromatic heterocycles. The molecule has 1 N–H and O–H groups in total. The van der Waals surface area contributed by atoms with E-state index in [0.717, 1.165) is 44.2 Å². The number of hydrogen-bond donors (Lipinski definition) is 1. The number of anilines is 1. The van der Waals surface area contributed by atoms with E-state index in [1.807, 2.05) is 32.0 Å². The largest absolute Gasteiger partial charge is 0.495 e. The lowest BCUT2D eigenvalue weighted by atomic mass is 10.2. The van der Waals surface area contributed by atoms with Crippen molar-refractivity contribution >= 4 is 15.7 Å². The minimum absolute atomic E-state index is 0.145. The molecule has 1 aliphatic heterocycles. The van der Waals surface area contributed by atoms with Crippen molar-refractivity contribution in [2.45, 2.75) is 13.8 Å². The topological polar surface area (TPSA) is 61.9 Å². The van der Waals surface area contributed by atoms with Gasteiger partial charge in [0.15, 0.2) is 0 Å². The summed E-state index contributed by atoms with van der Waals surface area (Å²) in [6.45, 7) is 8.72. The lowest BCUT2D eigenvalue weighted by molar-refractivity contribution is 0.261. The normalized spacial score (nSPS) is 16.6. The zero-order chi connectivity index (χ0) is 17.6. The van der Waals surface area contributed by atoms with Crippen LogP contribution >= 0.6 is 0 Å². The predicted octanol–water partition coefficient (Wildman–Crippen LogP) is 1.39. The molecule has 7 heteroatoms. The smallest absolute Gasteiger partial charge is 0.211 e. The average molecular weight is 356 g/mol. The summed E-state index contributed by atoms with van der Waals surface area (Å²) >= 11 is 0. The second-order valence-electron chi connectivity index (χ2n) is 6.57. The highest BCUT2D eigenvalue weighted by atomic mass is 32.2. The number of para-hydroxylation sites is 2. The Balaban J connectivity index is 1.77. The van der Waals surface area contributed by atoms with Gasteiger partial charge in [0.25, 0.3) is 0 Å². The number of sulfonamides is 1. The van der Waals surface area contributed by atoms with Crippen LogP contribution in [0.3, 0.4) is 0 Å². The molecule has 136 valence electrons. The molecule has 24 heavy (non-hydrogen) atoms. The minimum Gasteiger partial charge on any atom is -0.495 e. The average Bonchev–Trinajstić information content (AvgIpc) is 2.54. The second kappa shape index (κ2) is 8.69. The van der Waals surface area contributed by atoms with Crippen LogP contribution in [0.4, 0.5) is 5.69 Å². The Morgan fingerprint density at radius 2 is 1.83 bits per heavy atom. The second-order valence-corrected chi connectivity index (χ2v) is 8.42. The van der Waals surface area contributed by atoms with Crippen LogP contribution in [0.25, 0.3) is 0 Å². The van der Waals surface area contributed by atoms with E-state index >= 15 is 0 Å². The van der Waals surface area contributed by atoms with Crippen molar-refractivity contribution in [2.75, 3.05) is 57.0 Å². The summed E-state index contributed by atoms with van der Waals surface area (Å²) in [6, 6.07) is 8.05. The van der Waals surface area contributed by atoms with Gasteiger partial charge in [0.05, 0.1) is 18.6 Å². The number of nitrogens with zero attached hydrogens (tertiary/aromatic N) is 2. The van der Waals surface area contributed by atoms with Crippen LogP contribution in [0, 0.1) is 5.92 Å². The molecule has 1 heterocycles. The first-order valence-electron chi connectivity index (χ1n) is 8.49. The molecule has 0 bridgehead atoms. The van der Waals surface area contributed by atoms with Crippen LogP contribution in [0.5, 0.6) is 5.75 Å². The third-order valence-electron chi connectivity index (χ3n) is 4.10. The Hall–Kier alpha value is -1.31. The van der Waals surface area contributed by atoms with E-state index in [-0.39, 0.29) is 11.7 Å². The first kappa shape index (κ1) is 19.0. The van der Waals surface area contributed by atoms with Gasteiger partial charge in [-0.15, -0.1) is 0 Å². The zero-order valence-electron chi connectivity index (χ0n) is 14.9. The molecule has 1 aromatic carbocycles. The fourth-order valence-corrected chi connectivity index (χ4v) is 4.36. The van der Waals surface area contributed by atoms with Crippen molar-refractivity contribution in [1.29, 1.82) is 0 Å². The van der Waals surface area contributed by atoms with Gasteiger partial charge in [-0.05, 0) is 18.1 Å². The van der Waals surface area contributed by atoms with Gasteiger partial charge in [0.2, 0.25) is 10.0 Å². The Bertz CT molecular complexity index is 611. The van der Waals surface area contributed by atoms with E-state index in [0.29, 0.717) is 6.54 Å². The van der Waals surface area contributed by atoms with E-state index in [4.69, 9.17) is 4.74 Å². The van der Waals surface area contributed by atoms with Crippen molar-refractivity contribution in [3.05, 3.63) is 24.3 Å². The lowest BCUT2D eigenvalue weighted by Gasteiger charge is -2.36. The van der Waals surface area contributed by atoms with Crippen LogP contribution in [0.15, 0.2) is 24.3 Å². The van der Waals surface area contributed by atoms with E-state index in [1.165, 1.54) is 0 Å². The van der Waals surface area contributed by atoms with Crippen molar-refractivity contribution in [2.24, 2.45) is 5.92 Å². The van der Waals surface area contributed by atoms with Crippen LogP contribution in [0.1, 0.15) is 13.8 Å². The maximum Gasteiger partial charge on any atom is 0.211 e. The van der Waals surface area contributed by atoms with Gasteiger partial charge in [0, 0.05) is 39.3 Å². The van der Waals surface area contributed by atoms with Crippen molar-refractivity contribution < 1.29 is 13.2 Å². The van der Waals surface area contributed by atoms with E-state index in [1.54, 1.807) is 7.11 Å². The Morgan fingerprint density at radius 1 is 1.17 bits per heavy atom. The molecule has 0 saturated carbocycles. The number of piperazine rings is 1. The summed E-state index contributed by atoms with van der Waals surface area (Å²) in [4.78, 5) is 4.61. The Labute approximate surface area is 145 Å². The number of rotatable bonds is 8. The molecule has 0 radical (unpaired) electrons. The first-order chi connectivity index (χ1) is 11.4. The summed E-state index contributed by atoms with van der Waals surface area (Å²) in [5.74, 6) is 1.23. The Kier molecular flexibility index (Phi) is 6.89.